The van der Waals surface area contributed by atoms with E-state index in [2.05, 4.69) is 0 Å². The molecule has 0 heterocycles. The van der Waals surface area contributed by atoms with Crippen molar-refractivity contribution in [2.24, 2.45) is 5.73 Å². The maximum atomic E-state index is 11.2. The van der Waals surface area contributed by atoms with Gasteiger partial charge in [0.15, 0.2) is 11.6 Å². The van der Waals surface area contributed by atoms with E-state index in [0.717, 1.165) is 6.42 Å². The van der Waals surface area contributed by atoms with E-state index in [1.54, 1.807) is 6.08 Å². The Labute approximate surface area is 77.3 Å². The summed E-state index contributed by atoms with van der Waals surface area (Å²) in [6, 6.07) is 0. The lowest BCUT2D eigenvalue weighted by atomic mass is 9.90. The van der Waals surface area contributed by atoms with Gasteiger partial charge < -0.3 is 5.73 Å². The molecule has 0 radical (unpaired) electrons. The van der Waals surface area contributed by atoms with Gasteiger partial charge >= 0.3 is 0 Å². The average Bonchev–Trinajstić information content (AvgIpc) is 2.02. The topological polar surface area (TPSA) is 60.2 Å². The summed E-state index contributed by atoms with van der Waals surface area (Å²) in [6.45, 7) is 2.90. The Balaban J connectivity index is 3.21. The molecule has 0 aliphatic heterocycles. The van der Waals surface area contributed by atoms with Crippen molar-refractivity contribution in [3.8, 4) is 0 Å². The minimum Gasteiger partial charge on any atom is -0.398 e. The summed E-state index contributed by atoms with van der Waals surface area (Å²) in [6.07, 6.45) is 3.17. The first kappa shape index (κ1) is 9.71. The fourth-order valence-electron chi connectivity index (χ4n) is 1.54. The van der Waals surface area contributed by atoms with Crippen molar-refractivity contribution >= 4 is 11.6 Å². The van der Waals surface area contributed by atoms with Crippen LogP contribution in [0.4, 0.5) is 0 Å². The van der Waals surface area contributed by atoms with Crippen LogP contribution in [0.5, 0.6) is 0 Å². The van der Waals surface area contributed by atoms with Crippen molar-refractivity contribution in [3.63, 3.8) is 0 Å². The molecule has 0 aromatic heterocycles. The van der Waals surface area contributed by atoms with E-state index in [9.17, 15) is 9.59 Å². The standard InChI is InChI=1S/C10H13NO2/c1-6(12)8-4-3-5-9(11)10(8)7(2)13/h5H,3-4,11H2,1-2H3. The summed E-state index contributed by atoms with van der Waals surface area (Å²) in [5, 5.41) is 0. The smallest absolute Gasteiger partial charge is 0.162 e. The van der Waals surface area contributed by atoms with E-state index in [4.69, 9.17) is 5.73 Å². The maximum absolute atomic E-state index is 11.2. The van der Waals surface area contributed by atoms with Gasteiger partial charge in [-0.3, -0.25) is 9.59 Å². The molecule has 13 heavy (non-hydrogen) atoms. The lowest BCUT2D eigenvalue weighted by molar-refractivity contribution is -0.116. The number of nitrogens with two attached hydrogens (primary N) is 1. The second-order valence-corrected chi connectivity index (χ2v) is 3.16. The van der Waals surface area contributed by atoms with Gasteiger partial charge in [-0.2, -0.15) is 0 Å². The number of Topliss-reactive ketones (excluding diaryl/α,β-unsaturated/α-hetero) is 2. The fourth-order valence-corrected chi connectivity index (χ4v) is 1.54. The first-order chi connectivity index (χ1) is 6.04. The van der Waals surface area contributed by atoms with Crippen LogP contribution in [-0.4, -0.2) is 11.6 Å². The number of hydrogen-bond acceptors (Lipinski definition) is 3. The molecule has 1 rings (SSSR count). The molecular weight excluding hydrogens is 166 g/mol. The summed E-state index contributed by atoms with van der Waals surface area (Å²) < 4.78 is 0. The lowest BCUT2D eigenvalue weighted by Crippen LogP contribution is -2.17. The van der Waals surface area contributed by atoms with E-state index >= 15 is 0 Å². The maximum Gasteiger partial charge on any atom is 0.162 e. The zero-order chi connectivity index (χ0) is 10.0. The number of rotatable bonds is 2. The molecule has 1 aliphatic rings. The molecule has 0 bridgehead atoms. The molecule has 0 unspecified atom stereocenters. The Kier molecular flexibility index (Phi) is 2.66. The Morgan fingerprint density at radius 1 is 1.31 bits per heavy atom. The van der Waals surface area contributed by atoms with Crippen molar-refractivity contribution in [2.45, 2.75) is 26.7 Å². The summed E-state index contributed by atoms with van der Waals surface area (Å²) in [4.78, 5) is 22.4. The van der Waals surface area contributed by atoms with Gasteiger partial charge in [-0.1, -0.05) is 6.08 Å². The first-order valence-electron chi connectivity index (χ1n) is 4.25. The van der Waals surface area contributed by atoms with Crippen LogP contribution in [0.3, 0.4) is 0 Å². The van der Waals surface area contributed by atoms with E-state index in [-0.39, 0.29) is 11.6 Å². The molecule has 0 aromatic carbocycles. The van der Waals surface area contributed by atoms with E-state index in [1.807, 2.05) is 0 Å². The highest BCUT2D eigenvalue weighted by molar-refractivity contribution is 6.07. The number of ketones is 2. The van der Waals surface area contributed by atoms with Gasteiger partial charge in [0.05, 0.1) is 0 Å². The SMILES string of the molecule is CC(=O)C1=C(C(C)=O)C(N)=CCC1. The van der Waals surface area contributed by atoms with Gasteiger partial charge in [-0.05, 0) is 26.7 Å². The quantitative estimate of drug-likeness (QED) is 0.690. The van der Waals surface area contributed by atoms with E-state index in [1.165, 1.54) is 13.8 Å². The third kappa shape index (κ3) is 1.86. The summed E-state index contributed by atoms with van der Waals surface area (Å²) in [5.41, 5.74) is 7.08. The summed E-state index contributed by atoms with van der Waals surface area (Å²) in [5.74, 6) is -0.181. The van der Waals surface area contributed by atoms with Gasteiger partial charge in [-0.15, -0.1) is 0 Å². The van der Waals surface area contributed by atoms with Gasteiger partial charge in [0, 0.05) is 16.8 Å². The van der Waals surface area contributed by atoms with Crippen molar-refractivity contribution < 1.29 is 9.59 Å². The Hall–Kier alpha value is -1.38. The van der Waals surface area contributed by atoms with Crippen LogP contribution in [0.25, 0.3) is 0 Å². The predicted molar refractivity (Wildman–Crippen MR) is 49.9 cm³/mol. The Morgan fingerprint density at radius 3 is 2.31 bits per heavy atom. The third-order valence-corrected chi connectivity index (χ3v) is 2.13. The van der Waals surface area contributed by atoms with Crippen LogP contribution >= 0.6 is 0 Å². The highest BCUT2D eigenvalue weighted by Crippen LogP contribution is 2.23. The monoisotopic (exact) mass is 179 g/mol. The van der Waals surface area contributed by atoms with Crippen molar-refractivity contribution in [1.29, 1.82) is 0 Å². The molecule has 0 atom stereocenters. The summed E-state index contributed by atoms with van der Waals surface area (Å²) >= 11 is 0. The zero-order valence-corrected chi connectivity index (χ0v) is 7.89. The number of allylic oxidation sites excluding steroid dienone is 3. The molecule has 0 amide bonds. The molecular formula is C10H13NO2. The Morgan fingerprint density at radius 2 is 1.92 bits per heavy atom. The fraction of sp³-hybridized carbons (Fsp3) is 0.400. The van der Waals surface area contributed by atoms with Crippen LogP contribution < -0.4 is 5.73 Å². The number of hydrogen-bond donors (Lipinski definition) is 1. The molecule has 0 saturated carbocycles. The number of carbonyl (C=O) groups excluding carboxylic acids is 2. The molecule has 2 N–H and O–H groups in total. The molecule has 0 saturated heterocycles. The molecule has 1 aliphatic carbocycles. The molecule has 0 spiro atoms. The largest absolute Gasteiger partial charge is 0.398 e. The molecule has 3 nitrogen and oxygen atoms in total. The van der Waals surface area contributed by atoms with E-state index in [0.29, 0.717) is 23.3 Å². The van der Waals surface area contributed by atoms with Crippen molar-refractivity contribution in [3.05, 3.63) is 22.9 Å². The number of carbonyl (C=O) groups is 2. The second kappa shape index (κ2) is 3.56. The van der Waals surface area contributed by atoms with Crippen LogP contribution in [0.15, 0.2) is 22.9 Å². The van der Waals surface area contributed by atoms with Crippen LogP contribution in [0, 0.1) is 0 Å². The summed E-state index contributed by atoms with van der Waals surface area (Å²) in [7, 11) is 0. The first-order valence-corrected chi connectivity index (χ1v) is 4.25. The van der Waals surface area contributed by atoms with Gasteiger partial charge in [0.25, 0.3) is 0 Å². The van der Waals surface area contributed by atoms with Gasteiger partial charge in [-0.25, -0.2) is 0 Å². The van der Waals surface area contributed by atoms with Gasteiger partial charge in [0.1, 0.15) is 0 Å². The lowest BCUT2D eigenvalue weighted by Gasteiger charge is -2.15. The van der Waals surface area contributed by atoms with Crippen LogP contribution in [0.2, 0.25) is 0 Å². The molecule has 3 heteroatoms. The zero-order valence-electron chi connectivity index (χ0n) is 7.89. The minimum absolute atomic E-state index is 0.0544. The average molecular weight is 179 g/mol. The minimum atomic E-state index is -0.126. The second-order valence-electron chi connectivity index (χ2n) is 3.16. The van der Waals surface area contributed by atoms with Gasteiger partial charge in [0.2, 0.25) is 0 Å². The predicted octanol–water partition coefficient (Wildman–Crippen LogP) is 1.10. The van der Waals surface area contributed by atoms with Crippen LogP contribution in [0.1, 0.15) is 26.7 Å². The highest BCUT2D eigenvalue weighted by atomic mass is 16.1. The molecule has 70 valence electrons. The Bertz CT molecular complexity index is 324. The molecule has 0 fully saturated rings. The molecule has 0 aromatic rings. The van der Waals surface area contributed by atoms with Crippen molar-refractivity contribution in [2.75, 3.05) is 0 Å². The third-order valence-electron chi connectivity index (χ3n) is 2.13. The van der Waals surface area contributed by atoms with Crippen molar-refractivity contribution in [1.82, 2.24) is 0 Å². The van der Waals surface area contributed by atoms with E-state index < -0.39 is 0 Å². The normalized spacial score (nSPS) is 16.9. The van der Waals surface area contributed by atoms with Crippen LogP contribution in [-0.2, 0) is 9.59 Å². The highest BCUT2D eigenvalue weighted by Gasteiger charge is 2.20.